The zero-order chi connectivity index (χ0) is 16.9. The molecule has 0 aliphatic rings. The Hall–Kier alpha value is -1.60. The SMILES string of the molecule is CC[C@H](C)NC(=O)COc1ccc(S(=O)(=O)N(C)C)cc1C. The van der Waals surface area contributed by atoms with Gasteiger partial charge in [-0.05, 0) is 44.0 Å². The van der Waals surface area contributed by atoms with Gasteiger partial charge in [0.2, 0.25) is 10.0 Å². The second kappa shape index (κ2) is 7.60. The van der Waals surface area contributed by atoms with Crippen LogP contribution in [-0.2, 0) is 14.8 Å². The first kappa shape index (κ1) is 18.4. The lowest BCUT2D eigenvalue weighted by atomic mass is 10.2. The van der Waals surface area contributed by atoms with Gasteiger partial charge < -0.3 is 10.1 Å². The van der Waals surface area contributed by atoms with Gasteiger partial charge in [-0.1, -0.05) is 6.92 Å². The molecule has 0 aliphatic carbocycles. The molecule has 1 rings (SSSR count). The number of ether oxygens (including phenoxy) is 1. The number of carbonyl (C=O) groups excluding carboxylic acids is 1. The van der Waals surface area contributed by atoms with Crippen LogP contribution in [-0.4, -0.2) is 45.4 Å². The molecular weight excluding hydrogens is 304 g/mol. The predicted octanol–water partition coefficient (Wildman–Crippen LogP) is 1.54. The van der Waals surface area contributed by atoms with Gasteiger partial charge in [-0.15, -0.1) is 0 Å². The van der Waals surface area contributed by atoms with Crippen LogP contribution >= 0.6 is 0 Å². The van der Waals surface area contributed by atoms with E-state index in [9.17, 15) is 13.2 Å². The average Bonchev–Trinajstić information content (AvgIpc) is 2.45. The molecule has 6 nitrogen and oxygen atoms in total. The Labute approximate surface area is 132 Å². The number of amides is 1. The van der Waals surface area contributed by atoms with Gasteiger partial charge in [0.1, 0.15) is 5.75 Å². The molecule has 0 radical (unpaired) electrons. The number of sulfonamides is 1. The van der Waals surface area contributed by atoms with Crippen LogP contribution in [0.1, 0.15) is 25.8 Å². The molecule has 0 aromatic heterocycles. The molecule has 7 heteroatoms. The van der Waals surface area contributed by atoms with E-state index in [1.165, 1.54) is 26.2 Å². The number of hydrogen-bond donors (Lipinski definition) is 1. The van der Waals surface area contributed by atoms with Crippen molar-refractivity contribution in [1.29, 1.82) is 0 Å². The van der Waals surface area contributed by atoms with Crippen LogP contribution in [0.3, 0.4) is 0 Å². The Bertz CT molecular complexity index is 626. The Morgan fingerprint density at radius 1 is 1.36 bits per heavy atom. The van der Waals surface area contributed by atoms with Gasteiger partial charge in [0.25, 0.3) is 5.91 Å². The van der Waals surface area contributed by atoms with Gasteiger partial charge >= 0.3 is 0 Å². The molecule has 0 aliphatic heterocycles. The second-order valence-corrected chi connectivity index (χ2v) is 7.53. The summed E-state index contributed by atoms with van der Waals surface area (Å²) in [7, 11) is -0.507. The first-order valence-corrected chi connectivity index (χ1v) is 8.57. The summed E-state index contributed by atoms with van der Waals surface area (Å²) in [5, 5.41) is 2.80. The molecule has 0 spiro atoms. The molecule has 1 aromatic rings. The predicted molar refractivity (Wildman–Crippen MR) is 85.4 cm³/mol. The summed E-state index contributed by atoms with van der Waals surface area (Å²) in [5.74, 6) is 0.302. The lowest BCUT2D eigenvalue weighted by Gasteiger charge is -2.15. The van der Waals surface area contributed by atoms with Crippen molar-refractivity contribution in [2.75, 3.05) is 20.7 Å². The number of aryl methyl sites for hydroxylation is 1. The van der Waals surface area contributed by atoms with Gasteiger partial charge in [-0.25, -0.2) is 12.7 Å². The summed E-state index contributed by atoms with van der Waals surface area (Å²) in [6, 6.07) is 4.69. The zero-order valence-corrected chi connectivity index (χ0v) is 14.5. The van der Waals surface area contributed by atoms with E-state index in [2.05, 4.69) is 5.32 Å². The number of carbonyl (C=O) groups is 1. The van der Waals surface area contributed by atoms with E-state index in [1.807, 2.05) is 13.8 Å². The molecule has 1 atom stereocenters. The Morgan fingerprint density at radius 2 is 2.00 bits per heavy atom. The molecule has 1 N–H and O–H groups in total. The van der Waals surface area contributed by atoms with Crippen molar-refractivity contribution in [3.63, 3.8) is 0 Å². The Balaban J connectivity index is 2.77. The van der Waals surface area contributed by atoms with E-state index in [-0.39, 0.29) is 23.5 Å². The fourth-order valence-corrected chi connectivity index (χ4v) is 2.70. The van der Waals surface area contributed by atoms with Crippen molar-refractivity contribution >= 4 is 15.9 Å². The quantitative estimate of drug-likeness (QED) is 0.824. The third kappa shape index (κ3) is 4.71. The average molecular weight is 328 g/mol. The van der Waals surface area contributed by atoms with Crippen LogP contribution in [0.4, 0.5) is 0 Å². The molecule has 0 saturated carbocycles. The van der Waals surface area contributed by atoms with Crippen molar-refractivity contribution in [3.8, 4) is 5.75 Å². The van der Waals surface area contributed by atoms with E-state index in [0.717, 1.165) is 10.7 Å². The fourth-order valence-electron chi connectivity index (χ4n) is 1.72. The maximum absolute atomic E-state index is 12.0. The number of nitrogens with zero attached hydrogens (tertiary/aromatic N) is 1. The number of nitrogens with one attached hydrogen (secondary N) is 1. The minimum atomic E-state index is -3.47. The van der Waals surface area contributed by atoms with Crippen molar-refractivity contribution in [1.82, 2.24) is 9.62 Å². The minimum Gasteiger partial charge on any atom is -0.484 e. The highest BCUT2D eigenvalue weighted by Crippen LogP contribution is 2.23. The van der Waals surface area contributed by atoms with Gasteiger partial charge in [-0.2, -0.15) is 0 Å². The van der Waals surface area contributed by atoms with Crippen LogP contribution in [0.25, 0.3) is 0 Å². The molecule has 1 amide bonds. The van der Waals surface area contributed by atoms with E-state index >= 15 is 0 Å². The van der Waals surface area contributed by atoms with Crippen molar-refractivity contribution in [2.45, 2.75) is 38.1 Å². The normalized spacial score (nSPS) is 13.0. The van der Waals surface area contributed by atoms with Crippen molar-refractivity contribution in [2.24, 2.45) is 0 Å². The van der Waals surface area contributed by atoms with Gasteiger partial charge in [0, 0.05) is 20.1 Å². The van der Waals surface area contributed by atoms with E-state index in [4.69, 9.17) is 4.74 Å². The van der Waals surface area contributed by atoms with Crippen molar-refractivity contribution in [3.05, 3.63) is 23.8 Å². The number of hydrogen-bond acceptors (Lipinski definition) is 4. The molecule has 124 valence electrons. The molecule has 0 bridgehead atoms. The lowest BCUT2D eigenvalue weighted by molar-refractivity contribution is -0.123. The molecule has 0 unspecified atom stereocenters. The van der Waals surface area contributed by atoms with Gasteiger partial charge in [0.05, 0.1) is 4.90 Å². The van der Waals surface area contributed by atoms with Crippen LogP contribution in [0.5, 0.6) is 5.75 Å². The first-order valence-electron chi connectivity index (χ1n) is 7.13. The maximum Gasteiger partial charge on any atom is 0.258 e. The molecule has 0 fully saturated rings. The molecular formula is C15H24N2O4S. The fraction of sp³-hybridized carbons (Fsp3) is 0.533. The van der Waals surface area contributed by atoms with E-state index < -0.39 is 10.0 Å². The standard InChI is InChI=1S/C15H24N2O4S/c1-6-12(3)16-15(18)10-21-14-8-7-13(9-11(14)2)22(19,20)17(4)5/h7-9,12H,6,10H2,1-5H3,(H,16,18)/t12-/m0/s1. The molecule has 1 aromatic carbocycles. The molecule has 22 heavy (non-hydrogen) atoms. The van der Waals surface area contributed by atoms with Crippen molar-refractivity contribution < 1.29 is 17.9 Å². The summed E-state index contributed by atoms with van der Waals surface area (Å²) in [6.07, 6.45) is 0.849. The Kier molecular flexibility index (Phi) is 6.37. The maximum atomic E-state index is 12.0. The molecule has 0 saturated heterocycles. The van der Waals surface area contributed by atoms with Gasteiger partial charge in [-0.3, -0.25) is 4.79 Å². The summed E-state index contributed by atoms with van der Waals surface area (Å²) < 4.78 is 30.7. The van der Waals surface area contributed by atoms with E-state index in [1.54, 1.807) is 13.0 Å². The van der Waals surface area contributed by atoms with Crippen LogP contribution in [0.2, 0.25) is 0 Å². The summed E-state index contributed by atoms with van der Waals surface area (Å²) in [5.41, 5.74) is 0.666. The topological polar surface area (TPSA) is 75.7 Å². The molecule has 0 heterocycles. The smallest absolute Gasteiger partial charge is 0.258 e. The first-order chi connectivity index (χ1) is 10.2. The third-order valence-electron chi connectivity index (χ3n) is 3.30. The largest absolute Gasteiger partial charge is 0.484 e. The number of rotatable bonds is 7. The second-order valence-electron chi connectivity index (χ2n) is 5.38. The third-order valence-corrected chi connectivity index (χ3v) is 5.11. The van der Waals surface area contributed by atoms with Crippen LogP contribution < -0.4 is 10.1 Å². The highest BCUT2D eigenvalue weighted by Gasteiger charge is 2.18. The zero-order valence-electron chi connectivity index (χ0n) is 13.7. The Morgan fingerprint density at radius 3 is 2.50 bits per heavy atom. The van der Waals surface area contributed by atoms with E-state index in [0.29, 0.717) is 11.3 Å². The number of benzene rings is 1. The lowest BCUT2D eigenvalue weighted by Crippen LogP contribution is -2.35. The summed E-state index contributed by atoms with van der Waals surface area (Å²) in [4.78, 5) is 11.9. The highest BCUT2D eigenvalue weighted by atomic mass is 32.2. The van der Waals surface area contributed by atoms with Crippen LogP contribution in [0, 0.1) is 6.92 Å². The summed E-state index contributed by atoms with van der Waals surface area (Å²) >= 11 is 0. The highest BCUT2D eigenvalue weighted by molar-refractivity contribution is 7.89. The minimum absolute atomic E-state index is 0.0923. The summed E-state index contributed by atoms with van der Waals surface area (Å²) in [6.45, 7) is 5.56. The van der Waals surface area contributed by atoms with Crippen LogP contribution in [0.15, 0.2) is 23.1 Å². The monoisotopic (exact) mass is 328 g/mol. The van der Waals surface area contributed by atoms with Gasteiger partial charge in [0.15, 0.2) is 6.61 Å².